The molecule has 0 atom stereocenters. The summed E-state index contributed by atoms with van der Waals surface area (Å²) in [5.74, 6) is 0.0532. The van der Waals surface area contributed by atoms with Crippen LogP contribution in [0.3, 0.4) is 0 Å². The predicted molar refractivity (Wildman–Crippen MR) is 91.8 cm³/mol. The SMILES string of the molecule is CC(C)CS(=O)(=O)C1CCN(S(=O)(=O)c2ccc(C(F)(F)F)cc2)CC1. The van der Waals surface area contributed by atoms with Gasteiger partial charge in [0.25, 0.3) is 0 Å². The van der Waals surface area contributed by atoms with Crippen LogP contribution in [-0.2, 0) is 26.0 Å². The zero-order chi connectivity index (χ0) is 19.8. The molecule has 0 N–H and O–H groups in total. The Kier molecular flexibility index (Phi) is 6.09. The molecule has 1 heterocycles. The monoisotopic (exact) mass is 413 g/mol. The first kappa shape index (κ1) is 21.2. The largest absolute Gasteiger partial charge is 0.416 e. The fraction of sp³-hybridized carbons (Fsp3) is 0.625. The molecule has 1 aliphatic heterocycles. The van der Waals surface area contributed by atoms with E-state index >= 15 is 0 Å². The van der Waals surface area contributed by atoms with Gasteiger partial charge >= 0.3 is 6.18 Å². The summed E-state index contributed by atoms with van der Waals surface area (Å²) in [6, 6.07) is 3.32. The molecule has 0 spiro atoms. The van der Waals surface area contributed by atoms with Gasteiger partial charge in [0.15, 0.2) is 9.84 Å². The predicted octanol–water partition coefficient (Wildman–Crippen LogP) is 2.93. The maximum atomic E-state index is 12.6. The van der Waals surface area contributed by atoms with Crippen LogP contribution in [0.15, 0.2) is 29.2 Å². The lowest BCUT2D eigenvalue weighted by Crippen LogP contribution is -2.43. The Morgan fingerprint density at radius 1 is 1.04 bits per heavy atom. The molecular formula is C16H22F3NO4S2. The van der Waals surface area contributed by atoms with Gasteiger partial charge in [-0.15, -0.1) is 0 Å². The average molecular weight is 413 g/mol. The number of nitrogens with zero attached hydrogens (tertiary/aromatic N) is 1. The minimum atomic E-state index is -4.54. The lowest BCUT2D eigenvalue weighted by Gasteiger charge is -2.31. The molecule has 5 nitrogen and oxygen atoms in total. The van der Waals surface area contributed by atoms with E-state index in [1.807, 2.05) is 13.8 Å². The van der Waals surface area contributed by atoms with Gasteiger partial charge in [0, 0.05) is 13.1 Å². The number of piperidine rings is 1. The summed E-state index contributed by atoms with van der Waals surface area (Å²) in [4.78, 5) is -0.228. The van der Waals surface area contributed by atoms with Crippen molar-refractivity contribution in [3.05, 3.63) is 29.8 Å². The van der Waals surface area contributed by atoms with Crippen LogP contribution in [0.4, 0.5) is 13.2 Å². The summed E-state index contributed by atoms with van der Waals surface area (Å²) in [5, 5.41) is -0.580. The number of hydrogen-bond acceptors (Lipinski definition) is 4. The Morgan fingerprint density at radius 3 is 1.96 bits per heavy atom. The normalized spacial score (nSPS) is 18.4. The molecule has 0 saturated carbocycles. The van der Waals surface area contributed by atoms with E-state index in [1.165, 1.54) is 0 Å². The van der Waals surface area contributed by atoms with E-state index in [2.05, 4.69) is 0 Å². The van der Waals surface area contributed by atoms with Gasteiger partial charge in [0.05, 0.1) is 21.5 Å². The highest BCUT2D eigenvalue weighted by Gasteiger charge is 2.36. The number of alkyl halides is 3. The molecule has 1 fully saturated rings. The number of hydrogen-bond donors (Lipinski definition) is 0. The number of rotatable bonds is 5. The topological polar surface area (TPSA) is 71.5 Å². The van der Waals surface area contributed by atoms with Gasteiger partial charge in [0.2, 0.25) is 10.0 Å². The van der Waals surface area contributed by atoms with Crippen LogP contribution < -0.4 is 0 Å². The molecule has 0 bridgehead atoms. The van der Waals surface area contributed by atoms with Gasteiger partial charge in [0.1, 0.15) is 0 Å². The number of halogens is 3. The minimum absolute atomic E-state index is 0.00564. The van der Waals surface area contributed by atoms with Crippen molar-refractivity contribution in [1.82, 2.24) is 4.31 Å². The Hall–Kier alpha value is -1.13. The van der Waals surface area contributed by atoms with Crippen LogP contribution in [0.25, 0.3) is 0 Å². The fourth-order valence-electron chi connectivity index (χ4n) is 3.00. The molecular weight excluding hydrogens is 391 g/mol. The Labute approximate surface area is 152 Å². The van der Waals surface area contributed by atoms with Crippen LogP contribution in [0.5, 0.6) is 0 Å². The number of sulfone groups is 1. The van der Waals surface area contributed by atoms with Gasteiger partial charge in [-0.25, -0.2) is 16.8 Å². The highest BCUT2D eigenvalue weighted by molar-refractivity contribution is 7.92. The average Bonchev–Trinajstić information content (AvgIpc) is 2.53. The molecule has 1 aromatic rings. The van der Waals surface area contributed by atoms with Crippen molar-refractivity contribution in [1.29, 1.82) is 0 Å². The lowest BCUT2D eigenvalue weighted by molar-refractivity contribution is -0.137. The van der Waals surface area contributed by atoms with E-state index in [4.69, 9.17) is 0 Å². The second kappa shape index (κ2) is 7.47. The standard InChI is InChI=1S/C16H22F3NO4S2/c1-12(2)11-25(21,22)14-7-9-20(10-8-14)26(23,24)15-5-3-13(4-6-15)16(17,18)19/h3-6,12,14H,7-11H2,1-2H3. The smallest absolute Gasteiger partial charge is 0.229 e. The first-order valence-electron chi connectivity index (χ1n) is 8.23. The van der Waals surface area contributed by atoms with E-state index in [-0.39, 0.29) is 42.5 Å². The third kappa shape index (κ3) is 4.77. The summed E-state index contributed by atoms with van der Waals surface area (Å²) in [6.07, 6.45) is -4.16. The highest BCUT2D eigenvalue weighted by Crippen LogP contribution is 2.31. The van der Waals surface area contributed by atoms with E-state index in [9.17, 15) is 30.0 Å². The van der Waals surface area contributed by atoms with Gasteiger partial charge in [-0.3, -0.25) is 0 Å². The molecule has 1 saturated heterocycles. The molecule has 0 radical (unpaired) electrons. The zero-order valence-corrected chi connectivity index (χ0v) is 16.2. The third-order valence-corrected chi connectivity index (χ3v) is 8.83. The maximum absolute atomic E-state index is 12.6. The molecule has 148 valence electrons. The summed E-state index contributed by atoms with van der Waals surface area (Å²) in [5.41, 5.74) is -0.921. The van der Waals surface area contributed by atoms with Crippen molar-refractivity contribution in [2.75, 3.05) is 18.8 Å². The maximum Gasteiger partial charge on any atom is 0.416 e. The molecule has 26 heavy (non-hydrogen) atoms. The van der Waals surface area contributed by atoms with Crippen molar-refractivity contribution in [2.24, 2.45) is 5.92 Å². The van der Waals surface area contributed by atoms with Gasteiger partial charge in [-0.2, -0.15) is 17.5 Å². The Balaban J connectivity index is 2.11. The number of sulfonamides is 1. The molecule has 10 heteroatoms. The summed E-state index contributed by atoms with van der Waals surface area (Å²) in [7, 11) is -7.23. The van der Waals surface area contributed by atoms with Crippen LogP contribution in [-0.4, -0.2) is 45.2 Å². The summed E-state index contributed by atoms with van der Waals surface area (Å²) < 4.78 is 88.6. The first-order chi connectivity index (χ1) is 11.8. The fourth-order valence-corrected chi connectivity index (χ4v) is 6.60. The molecule has 0 aromatic heterocycles. The molecule has 0 amide bonds. The number of benzene rings is 1. The van der Waals surface area contributed by atoms with Gasteiger partial charge in [-0.05, 0) is 43.0 Å². The molecule has 0 unspecified atom stereocenters. The van der Waals surface area contributed by atoms with Crippen molar-refractivity contribution in [3.63, 3.8) is 0 Å². The van der Waals surface area contributed by atoms with Crippen molar-refractivity contribution >= 4 is 19.9 Å². The minimum Gasteiger partial charge on any atom is -0.229 e. The van der Waals surface area contributed by atoms with Crippen LogP contribution in [0, 0.1) is 5.92 Å². The second-order valence-corrected chi connectivity index (χ2v) is 11.1. The van der Waals surface area contributed by atoms with Crippen molar-refractivity contribution in [3.8, 4) is 0 Å². The molecule has 1 aromatic carbocycles. The van der Waals surface area contributed by atoms with E-state index in [0.717, 1.165) is 28.6 Å². The Morgan fingerprint density at radius 2 is 1.54 bits per heavy atom. The van der Waals surface area contributed by atoms with Crippen molar-refractivity contribution < 1.29 is 30.0 Å². The summed E-state index contributed by atoms with van der Waals surface area (Å²) >= 11 is 0. The molecule has 1 aliphatic rings. The van der Waals surface area contributed by atoms with E-state index in [1.54, 1.807) is 0 Å². The molecule has 0 aliphatic carbocycles. The van der Waals surface area contributed by atoms with Gasteiger partial charge < -0.3 is 0 Å². The first-order valence-corrected chi connectivity index (χ1v) is 11.4. The van der Waals surface area contributed by atoms with Crippen LogP contribution in [0.2, 0.25) is 0 Å². The lowest BCUT2D eigenvalue weighted by atomic mass is 10.2. The quantitative estimate of drug-likeness (QED) is 0.744. The summed E-state index contributed by atoms with van der Waals surface area (Å²) in [6.45, 7) is 3.68. The van der Waals surface area contributed by atoms with E-state index < -0.39 is 36.9 Å². The Bertz CT molecular complexity index is 823. The van der Waals surface area contributed by atoms with Crippen molar-refractivity contribution in [2.45, 2.75) is 43.0 Å². The third-order valence-electron chi connectivity index (χ3n) is 4.29. The van der Waals surface area contributed by atoms with Crippen LogP contribution >= 0.6 is 0 Å². The highest BCUT2D eigenvalue weighted by atomic mass is 32.2. The molecule has 2 rings (SSSR count). The zero-order valence-electron chi connectivity index (χ0n) is 14.5. The van der Waals surface area contributed by atoms with Gasteiger partial charge in [-0.1, -0.05) is 13.8 Å². The van der Waals surface area contributed by atoms with Crippen LogP contribution in [0.1, 0.15) is 32.3 Å². The second-order valence-electron chi connectivity index (χ2n) is 6.85. The van der Waals surface area contributed by atoms with E-state index in [0.29, 0.717) is 0 Å².